The van der Waals surface area contributed by atoms with E-state index in [0.29, 0.717) is 28.4 Å². The van der Waals surface area contributed by atoms with Crippen molar-refractivity contribution in [3.05, 3.63) is 112 Å². The van der Waals surface area contributed by atoms with E-state index in [-0.39, 0.29) is 11.5 Å². The number of para-hydroxylation sites is 1. The summed E-state index contributed by atoms with van der Waals surface area (Å²) in [5.41, 5.74) is 4.19. The molecule has 0 bridgehead atoms. The number of carbonyl (C=O) groups is 1. The first-order valence-corrected chi connectivity index (χ1v) is 12.4. The van der Waals surface area contributed by atoms with Gasteiger partial charge in [0, 0.05) is 12.2 Å². The number of allylic oxidation sites excluding steroid dienone is 1. The SMILES string of the molecule is C=CCn1c(=O)c2ccccc2n2c(SC(C(=O)Nc3cc(C)ccc3C)c3ccccc3)nnc12. The van der Waals surface area contributed by atoms with E-state index >= 15 is 0 Å². The molecule has 180 valence electrons. The van der Waals surface area contributed by atoms with Gasteiger partial charge in [-0.2, -0.15) is 0 Å². The smallest absolute Gasteiger partial charge is 0.263 e. The number of carbonyl (C=O) groups excluding carboxylic acids is 1. The van der Waals surface area contributed by atoms with Crippen LogP contribution in [0.25, 0.3) is 16.7 Å². The fraction of sp³-hybridized carbons (Fsp3) is 0.143. The normalized spacial score (nSPS) is 12.1. The molecule has 1 amide bonds. The van der Waals surface area contributed by atoms with Crippen LogP contribution in [0, 0.1) is 13.8 Å². The van der Waals surface area contributed by atoms with E-state index in [4.69, 9.17) is 0 Å². The number of rotatable bonds is 7. The highest BCUT2D eigenvalue weighted by molar-refractivity contribution is 8.00. The van der Waals surface area contributed by atoms with E-state index in [0.717, 1.165) is 22.4 Å². The number of hydrogen-bond donors (Lipinski definition) is 1. The number of nitrogens with zero attached hydrogens (tertiary/aromatic N) is 4. The molecule has 0 aliphatic heterocycles. The van der Waals surface area contributed by atoms with Crippen molar-refractivity contribution in [2.75, 3.05) is 5.32 Å². The molecule has 2 aromatic heterocycles. The molecule has 5 rings (SSSR count). The summed E-state index contributed by atoms with van der Waals surface area (Å²) >= 11 is 1.30. The average molecular weight is 496 g/mol. The first-order chi connectivity index (χ1) is 17.5. The number of hydrogen-bond acceptors (Lipinski definition) is 5. The molecule has 0 radical (unpaired) electrons. The third-order valence-corrected chi connectivity index (χ3v) is 7.20. The van der Waals surface area contributed by atoms with Crippen LogP contribution in [0.4, 0.5) is 5.69 Å². The zero-order valence-corrected chi connectivity index (χ0v) is 20.8. The summed E-state index contributed by atoms with van der Waals surface area (Å²) in [5.74, 6) is 0.239. The number of anilines is 1. The minimum atomic E-state index is -0.600. The molecule has 1 unspecified atom stereocenters. The van der Waals surface area contributed by atoms with Crippen molar-refractivity contribution >= 4 is 40.0 Å². The summed E-state index contributed by atoms with van der Waals surface area (Å²) in [6.45, 7) is 8.04. The predicted molar refractivity (Wildman–Crippen MR) is 145 cm³/mol. The lowest BCUT2D eigenvalue weighted by Crippen LogP contribution is -2.23. The largest absolute Gasteiger partial charge is 0.325 e. The van der Waals surface area contributed by atoms with Crippen LogP contribution in [0.5, 0.6) is 0 Å². The molecule has 3 aromatic carbocycles. The van der Waals surface area contributed by atoms with Gasteiger partial charge in [-0.15, -0.1) is 16.8 Å². The summed E-state index contributed by atoms with van der Waals surface area (Å²) in [6, 6.07) is 22.9. The fourth-order valence-corrected chi connectivity index (χ4v) is 5.22. The van der Waals surface area contributed by atoms with Crippen LogP contribution < -0.4 is 10.9 Å². The Hall–Kier alpha value is -4.17. The standard InChI is InChI=1S/C28H25N5O2S/c1-4-16-32-26(35)21-12-8-9-13-23(21)33-27(32)30-31-28(33)36-24(20-10-6-5-7-11-20)25(34)29-22-17-18(2)14-15-19(22)3/h4-15,17,24H,1,16H2,2-3H3,(H,29,34). The molecular weight excluding hydrogens is 470 g/mol. The highest BCUT2D eigenvalue weighted by atomic mass is 32.2. The number of nitrogens with one attached hydrogen (secondary N) is 1. The van der Waals surface area contributed by atoms with E-state index in [2.05, 4.69) is 22.1 Å². The Bertz CT molecular complexity index is 1660. The van der Waals surface area contributed by atoms with Crippen molar-refractivity contribution in [2.45, 2.75) is 30.8 Å². The Kier molecular flexibility index (Phi) is 6.43. The van der Waals surface area contributed by atoms with Crippen LogP contribution in [-0.2, 0) is 11.3 Å². The number of benzene rings is 3. The van der Waals surface area contributed by atoms with Crippen LogP contribution in [0.2, 0.25) is 0 Å². The fourth-order valence-electron chi connectivity index (χ4n) is 4.18. The van der Waals surface area contributed by atoms with E-state index in [1.165, 1.54) is 11.8 Å². The number of aromatic nitrogens is 4. The first kappa shape index (κ1) is 23.6. The van der Waals surface area contributed by atoms with Crippen LogP contribution in [0.3, 0.4) is 0 Å². The minimum Gasteiger partial charge on any atom is -0.325 e. The van der Waals surface area contributed by atoms with Gasteiger partial charge in [-0.05, 0) is 48.7 Å². The summed E-state index contributed by atoms with van der Waals surface area (Å²) in [4.78, 5) is 26.8. The number of amides is 1. The van der Waals surface area contributed by atoms with Gasteiger partial charge in [-0.3, -0.25) is 18.6 Å². The molecule has 0 fully saturated rings. The highest BCUT2D eigenvalue weighted by Crippen LogP contribution is 2.36. The summed E-state index contributed by atoms with van der Waals surface area (Å²) < 4.78 is 3.38. The summed E-state index contributed by atoms with van der Waals surface area (Å²) in [5, 5.41) is 12.3. The molecule has 0 aliphatic rings. The second-order valence-electron chi connectivity index (χ2n) is 8.56. The van der Waals surface area contributed by atoms with Crippen molar-refractivity contribution in [2.24, 2.45) is 0 Å². The number of aryl methyl sites for hydroxylation is 2. The topological polar surface area (TPSA) is 81.3 Å². The van der Waals surface area contributed by atoms with Gasteiger partial charge in [-0.1, -0.05) is 72.4 Å². The van der Waals surface area contributed by atoms with E-state index < -0.39 is 5.25 Å². The molecule has 0 saturated heterocycles. The second-order valence-corrected chi connectivity index (χ2v) is 9.63. The molecule has 8 heteroatoms. The highest BCUT2D eigenvalue weighted by Gasteiger charge is 2.26. The van der Waals surface area contributed by atoms with Crippen molar-refractivity contribution in [3.8, 4) is 0 Å². The van der Waals surface area contributed by atoms with Gasteiger partial charge in [0.05, 0.1) is 10.9 Å². The zero-order valence-electron chi connectivity index (χ0n) is 20.0. The monoisotopic (exact) mass is 495 g/mol. The van der Waals surface area contributed by atoms with Gasteiger partial charge >= 0.3 is 0 Å². The van der Waals surface area contributed by atoms with Crippen LogP contribution in [0.15, 0.2) is 95.4 Å². The lowest BCUT2D eigenvalue weighted by molar-refractivity contribution is -0.115. The Morgan fingerprint density at radius 1 is 1.06 bits per heavy atom. The third-order valence-electron chi connectivity index (χ3n) is 6.00. The molecule has 7 nitrogen and oxygen atoms in total. The molecular formula is C28H25N5O2S. The van der Waals surface area contributed by atoms with Crippen molar-refractivity contribution < 1.29 is 4.79 Å². The van der Waals surface area contributed by atoms with E-state index in [1.807, 2.05) is 85.0 Å². The van der Waals surface area contributed by atoms with E-state index in [9.17, 15) is 9.59 Å². The number of thioether (sulfide) groups is 1. The molecule has 0 saturated carbocycles. The minimum absolute atomic E-state index is 0.158. The molecule has 1 N–H and O–H groups in total. The van der Waals surface area contributed by atoms with Gasteiger partial charge in [-0.25, -0.2) is 0 Å². The predicted octanol–water partition coefficient (Wildman–Crippen LogP) is 5.32. The molecule has 1 atom stereocenters. The summed E-state index contributed by atoms with van der Waals surface area (Å²) in [6.07, 6.45) is 1.65. The maximum Gasteiger partial charge on any atom is 0.263 e. The summed E-state index contributed by atoms with van der Waals surface area (Å²) in [7, 11) is 0. The molecule has 5 aromatic rings. The Morgan fingerprint density at radius 2 is 1.81 bits per heavy atom. The van der Waals surface area contributed by atoms with Crippen molar-refractivity contribution in [3.63, 3.8) is 0 Å². The lowest BCUT2D eigenvalue weighted by Gasteiger charge is -2.18. The van der Waals surface area contributed by atoms with Crippen LogP contribution >= 0.6 is 11.8 Å². The van der Waals surface area contributed by atoms with Gasteiger partial charge in [0.2, 0.25) is 11.7 Å². The van der Waals surface area contributed by atoms with Gasteiger partial charge in [0.25, 0.3) is 5.56 Å². The Morgan fingerprint density at radius 3 is 2.58 bits per heavy atom. The molecule has 36 heavy (non-hydrogen) atoms. The Balaban J connectivity index is 1.63. The molecule has 0 aliphatic carbocycles. The van der Waals surface area contributed by atoms with Gasteiger partial charge < -0.3 is 5.32 Å². The van der Waals surface area contributed by atoms with E-state index in [1.54, 1.807) is 16.7 Å². The zero-order chi connectivity index (χ0) is 25.2. The maximum absolute atomic E-state index is 13.7. The Labute approximate surface area is 212 Å². The molecule has 0 spiro atoms. The third kappa shape index (κ3) is 4.31. The second kappa shape index (κ2) is 9.83. The van der Waals surface area contributed by atoms with Gasteiger partial charge in [0.1, 0.15) is 5.25 Å². The average Bonchev–Trinajstić information content (AvgIpc) is 3.31. The first-order valence-electron chi connectivity index (χ1n) is 11.5. The van der Waals surface area contributed by atoms with Crippen molar-refractivity contribution in [1.82, 2.24) is 19.2 Å². The number of fused-ring (bicyclic) bond motifs is 3. The van der Waals surface area contributed by atoms with Gasteiger partial charge in [0.15, 0.2) is 5.16 Å². The van der Waals surface area contributed by atoms with Crippen LogP contribution in [-0.4, -0.2) is 25.1 Å². The lowest BCUT2D eigenvalue weighted by atomic mass is 10.1. The quantitative estimate of drug-likeness (QED) is 0.244. The maximum atomic E-state index is 13.7. The van der Waals surface area contributed by atoms with Crippen LogP contribution in [0.1, 0.15) is 21.9 Å². The van der Waals surface area contributed by atoms with Crippen molar-refractivity contribution in [1.29, 1.82) is 0 Å². The molecule has 2 heterocycles.